The van der Waals surface area contributed by atoms with E-state index in [-0.39, 0.29) is 5.54 Å². The lowest BCUT2D eigenvalue weighted by Crippen LogP contribution is -2.36. The van der Waals surface area contributed by atoms with E-state index in [0.29, 0.717) is 0 Å². The molecule has 0 spiro atoms. The zero-order chi connectivity index (χ0) is 5.91. The standard InChI is InChI=1S/C4H12BNS/c1-4(2,3)6-5-7/h5-7H,1-3H3. The Bertz CT molecular complexity index is 50.1. The summed E-state index contributed by atoms with van der Waals surface area (Å²) in [5, 5.41) is 3.15. The largest absolute Gasteiger partial charge is 0.345 e. The van der Waals surface area contributed by atoms with Crippen LogP contribution < -0.4 is 5.23 Å². The molecule has 7 heavy (non-hydrogen) atoms. The van der Waals surface area contributed by atoms with Crippen molar-refractivity contribution in [2.24, 2.45) is 0 Å². The minimum Gasteiger partial charge on any atom is -0.345 e. The molecule has 1 nitrogen and oxygen atoms in total. The van der Waals surface area contributed by atoms with Gasteiger partial charge in [0.2, 0.25) is 0 Å². The Morgan fingerprint density at radius 1 is 1.43 bits per heavy atom. The molecule has 0 saturated heterocycles. The predicted molar refractivity (Wildman–Crippen MR) is 39.0 cm³/mol. The molecule has 0 aromatic heterocycles. The van der Waals surface area contributed by atoms with Gasteiger partial charge in [-0.15, -0.1) is 0 Å². The molecule has 0 aromatic rings. The van der Waals surface area contributed by atoms with Crippen LogP contribution >= 0.6 is 12.5 Å². The van der Waals surface area contributed by atoms with Crippen LogP contribution in [0.4, 0.5) is 0 Å². The zero-order valence-electron chi connectivity index (χ0n) is 5.15. The lowest BCUT2D eigenvalue weighted by Gasteiger charge is -2.17. The van der Waals surface area contributed by atoms with E-state index in [1.807, 2.05) is 0 Å². The fourth-order valence-corrected chi connectivity index (χ4v) is 0.712. The monoisotopic (exact) mass is 117 g/mol. The second kappa shape index (κ2) is 2.63. The van der Waals surface area contributed by atoms with Crippen LogP contribution in [-0.2, 0) is 0 Å². The molecule has 0 aromatic carbocycles. The molecule has 0 aliphatic heterocycles. The maximum Gasteiger partial charge on any atom is 0.267 e. The van der Waals surface area contributed by atoms with E-state index in [1.165, 1.54) is 0 Å². The van der Waals surface area contributed by atoms with Crippen LogP contribution in [0.1, 0.15) is 20.8 Å². The van der Waals surface area contributed by atoms with E-state index in [2.05, 4.69) is 38.5 Å². The van der Waals surface area contributed by atoms with Gasteiger partial charge in [0, 0.05) is 0 Å². The molecular formula is C4H12BNS. The lowest BCUT2D eigenvalue weighted by atomic mass is 10.1. The summed E-state index contributed by atoms with van der Waals surface area (Å²) in [5.41, 5.74) is 0.224. The van der Waals surface area contributed by atoms with Gasteiger partial charge in [-0.25, -0.2) is 12.5 Å². The second-order valence-corrected chi connectivity index (χ2v) is 2.90. The van der Waals surface area contributed by atoms with Gasteiger partial charge in [0.25, 0.3) is 6.69 Å². The third-order valence-electron chi connectivity index (χ3n) is 0.609. The first-order chi connectivity index (χ1) is 3.06. The van der Waals surface area contributed by atoms with Gasteiger partial charge in [0.15, 0.2) is 0 Å². The van der Waals surface area contributed by atoms with Gasteiger partial charge in [0.05, 0.1) is 0 Å². The lowest BCUT2D eigenvalue weighted by molar-refractivity contribution is 0.527. The number of rotatable bonds is 1. The third kappa shape index (κ3) is 6.37. The van der Waals surface area contributed by atoms with Gasteiger partial charge in [-0.1, -0.05) is 0 Å². The van der Waals surface area contributed by atoms with Crippen LogP contribution in [0.2, 0.25) is 0 Å². The Hall–Kier alpha value is 0.375. The van der Waals surface area contributed by atoms with Crippen molar-refractivity contribution < 1.29 is 0 Å². The Labute approximate surface area is 51.4 Å². The summed E-state index contributed by atoms with van der Waals surface area (Å²) in [6, 6.07) is 0. The zero-order valence-corrected chi connectivity index (χ0v) is 6.05. The first-order valence-corrected chi connectivity index (χ1v) is 3.05. The van der Waals surface area contributed by atoms with Gasteiger partial charge in [0.1, 0.15) is 0 Å². The third-order valence-corrected chi connectivity index (χ3v) is 0.768. The van der Waals surface area contributed by atoms with Gasteiger partial charge in [-0.3, -0.25) is 0 Å². The number of hydrogen-bond donors (Lipinski definition) is 2. The smallest absolute Gasteiger partial charge is 0.267 e. The van der Waals surface area contributed by atoms with E-state index in [9.17, 15) is 0 Å². The van der Waals surface area contributed by atoms with E-state index < -0.39 is 0 Å². The summed E-state index contributed by atoms with van der Waals surface area (Å²) >= 11 is 4.00. The Balaban J connectivity index is 3.15. The number of hydrogen-bond acceptors (Lipinski definition) is 2. The van der Waals surface area contributed by atoms with Crippen molar-refractivity contribution in [3.05, 3.63) is 0 Å². The van der Waals surface area contributed by atoms with Crippen LogP contribution in [0.25, 0.3) is 0 Å². The quantitative estimate of drug-likeness (QED) is 0.378. The fraction of sp³-hybridized carbons (Fsp3) is 1.00. The predicted octanol–water partition coefficient (Wildman–Crippen LogP) is 0.571. The highest BCUT2D eigenvalue weighted by Gasteiger charge is 2.05. The van der Waals surface area contributed by atoms with E-state index in [0.717, 1.165) is 6.69 Å². The summed E-state index contributed by atoms with van der Waals surface area (Å²) in [6.07, 6.45) is 0. The maximum atomic E-state index is 4.00. The molecule has 0 bridgehead atoms. The summed E-state index contributed by atoms with van der Waals surface area (Å²) in [6.45, 7) is 7.10. The topological polar surface area (TPSA) is 12.0 Å². The minimum atomic E-state index is 0.224. The van der Waals surface area contributed by atoms with Crippen molar-refractivity contribution in [1.29, 1.82) is 0 Å². The maximum absolute atomic E-state index is 4.00. The Morgan fingerprint density at radius 3 is 1.86 bits per heavy atom. The fourth-order valence-electron chi connectivity index (χ4n) is 0.237. The highest BCUT2D eigenvalue weighted by Crippen LogP contribution is 1.95. The summed E-state index contributed by atoms with van der Waals surface area (Å²) in [4.78, 5) is 0. The first kappa shape index (κ1) is 7.37. The second-order valence-electron chi connectivity index (χ2n) is 2.58. The summed E-state index contributed by atoms with van der Waals surface area (Å²) in [5.74, 6) is 0. The molecule has 0 amide bonds. The van der Waals surface area contributed by atoms with Gasteiger partial charge < -0.3 is 5.23 Å². The average molecular weight is 117 g/mol. The first-order valence-electron chi connectivity index (χ1n) is 2.42. The summed E-state index contributed by atoms with van der Waals surface area (Å²) in [7, 11) is 0. The highest BCUT2D eigenvalue weighted by atomic mass is 32.1. The van der Waals surface area contributed by atoms with Gasteiger partial charge >= 0.3 is 0 Å². The molecule has 0 aliphatic carbocycles. The highest BCUT2D eigenvalue weighted by molar-refractivity contribution is 8.06. The van der Waals surface area contributed by atoms with Crippen molar-refractivity contribution in [2.75, 3.05) is 0 Å². The molecule has 0 heterocycles. The molecule has 1 N–H and O–H groups in total. The average Bonchev–Trinajstić information content (AvgIpc) is 1.30. The number of nitrogens with one attached hydrogen (secondary N) is 1. The van der Waals surface area contributed by atoms with E-state index in [1.54, 1.807) is 0 Å². The van der Waals surface area contributed by atoms with Gasteiger partial charge in [-0.05, 0) is 26.3 Å². The molecule has 0 rings (SSSR count). The molecule has 0 radical (unpaired) electrons. The molecule has 0 aliphatic rings. The number of thiol groups is 1. The molecule has 3 heteroatoms. The molecule has 0 fully saturated rings. The Morgan fingerprint density at radius 2 is 1.86 bits per heavy atom. The van der Waals surface area contributed by atoms with E-state index in [4.69, 9.17) is 0 Å². The van der Waals surface area contributed by atoms with Crippen LogP contribution in [0.3, 0.4) is 0 Å². The Kier molecular flexibility index (Phi) is 2.77. The molecule has 0 atom stereocenters. The minimum absolute atomic E-state index is 0.224. The van der Waals surface area contributed by atoms with E-state index >= 15 is 0 Å². The van der Waals surface area contributed by atoms with Crippen LogP contribution in [0.5, 0.6) is 0 Å². The van der Waals surface area contributed by atoms with Crippen molar-refractivity contribution in [3.63, 3.8) is 0 Å². The van der Waals surface area contributed by atoms with Crippen molar-refractivity contribution in [2.45, 2.75) is 26.3 Å². The SMILES string of the molecule is CC(C)(C)NBS. The van der Waals surface area contributed by atoms with Crippen LogP contribution in [-0.4, -0.2) is 12.2 Å². The summed E-state index contributed by atoms with van der Waals surface area (Å²) < 4.78 is 0. The molecular weight excluding hydrogens is 105 g/mol. The molecule has 0 saturated carbocycles. The van der Waals surface area contributed by atoms with Gasteiger partial charge in [-0.2, -0.15) is 0 Å². The van der Waals surface area contributed by atoms with Crippen molar-refractivity contribution >= 4 is 19.2 Å². The van der Waals surface area contributed by atoms with Crippen LogP contribution in [0.15, 0.2) is 0 Å². The van der Waals surface area contributed by atoms with Crippen molar-refractivity contribution in [1.82, 2.24) is 5.23 Å². The van der Waals surface area contributed by atoms with Crippen molar-refractivity contribution in [3.8, 4) is 0 Å². The molecule has 0 unspecified atom stereocenters. The van der Waals surface area contributed by atoms with Crippen LogP contribution in [0, 0.1) is 0 Å². The normalized spacial score (nSPS) is 11.4. The molecule has 42 valence electrons.